The highest BCUT2D eigenvalue weighted by molar-refractivity contribution is 4.32. The first kappa shape index (κ1) is 13.8. The maximum atomic E-state index is 5.22. The molecule has 2 nitrogen and oxygen atoms in total. The van der Waals surface area contributed by atoms with E-state index >= 15 is 0 Å². The third kappa shape index (κ3) is 13.2. The van der Waals surface area contributed by atoms with Crippen LogP contribution in [0.2, 0.25) is 0 Å². The molecule has 0 aromatic carbocycles. The van der Waals surface area contributed by atoms with Crippen molar-refractivity contribution in [3.8, 4) is 0 Å². The van der Waals surface area contributed by atoms with Gasteiger partial charge in [-0.05, 0) is 6.92 Å². The normalized spacial score (nSPS) is 10.9. The van der Waals surface area contributed by atoms with Crippen molar-refractivity contribution < 1.29 is 21.6 Å². The molecule has 0 rings (SSSR count). The highest BCUT2D eigenvalue weighted by atomic mass is 35.5. The van der Waals surface area contributed by atoms with Crippen molar-refractivity contribution in [1.82, 2.24) is 0 Å². The Hall–Kier alpha value is 0.210. The average molecular weight is 182 g/mol. The van der Waals surface area contributed by atoms with Crippen molar-refractivity contribution in [2.75, 3.05) is 40.9 Å². The Kier molecular flexibility index (Phi) is 8.63. The lowest BCUT2D eigenvalue weighted by molar-refractivity contribution is -0.870. The minimum absolute atomic E-state index is 0. The number of quaternary nitrogens is 1. The molecule has 0 saturated heterocycles. The van der Waals surface area contributed by atoms with E-state index in [4.69, 9.17) is 4.74 Å². The SMILES string of the molecule is CCOCCC[N+](C)(C)C.[Cl-]. The topological polar surface area (TPSA) is 9.23 Å². The van der Waals surface area contributed by atoms with Gasteiger partial charge >= 0.3 is 0 Å². The number of hydrogen-bond acceptors (Lipinski definition) is 1. The van der Waals surface area contributed by atoms with E-state index in [2.05, 4.69) is 21.1 Å². The molecular weight excluding hydrogens is 162 g/mol. The van der Waals surface area contributed by atoms with Crippen LogP contribution in [0.25, 0.3) is 0 Å². The van der Waals surface area contributed by atoms with Crippen LogP contribution < -0.4 is 12.4 Å². The van der Waals surface area contributed by atoms with E-state index < -0.39 is 0 Å². The maximum absolute atomic E-state index is 5.22. The van der Waals surface area contributed by atoms with Crippen LogP contribution in [0.15, 0.2) is 0 Å². The Balaban J connectivity index is 0. The molecule has 0 aliphatic rings. The van der Waals surface area contributed by atoms with E-state index in [1.807, 2.05) is 6.92 Å². The molecule has 0 aromatic heterocycles. The van der Waals surface area contributed by atoms with Crippen LogP contribution >= 0.6 is 0 Å². The maximum Gasteiger partial charge on any atom is 0.0802 e. The number of ether oxygens (including phenoxy) is 1. The largest absolute Gasteiger partial charge is 1.00 e. The van der Waals surface area contributed by atoms with E-state index in [0.717, 1.165) is 24.1 Å². The summed E-state index contributed by atoms with van der Waals surface area (Å²) in [6.07, 6.45) is 1.16. The first-order valence-corrected chi connectivity index (χ1v) is 3.94. The molecule has 0 aliphatic carbocycles. The Morgan fingerprint density at radius 2 is 1.73 bits per heavy atom. The standard InChI is InChI=1S/C8H20NO.ClH/c1-5-10-8-6-7-9(2,3)4;/h5-8H2,1-4H3;1H/q+1;/p-1. The molecule has 0 saturated carbocycles. The Morgan fingerprint density at radius 1 is 1.18 bits per heavy atom. The smallest absolute Gasteiger partial charge is 0.0802 e. The van der Waals surface area contributed by atoms with Gasteiger partial charge in [0.05, 0.1) is 34.3 Å². The van der Waals surface area contributed by atoms with Crippen LogP contribution in [0.1, 0.15) is 13.3 Å². The van der Waals surface area contributed by atoms with E-state index in [1.165, 1.54) is 6.54 Å². The third-order valence-corrected chi connectivity index (χ3v) is 1.32. The van der Waals surface area contributed by atoms with Crippen molar-refractivity contribution in [3.63, 3.8) is 0 Å². The summed E-state index contributed by atoms with van der Waals surface area (Å²) in [5.41, 5.74) is 0. The number of nitrogens with zero attached hydrogens (tertiary/aromatic N) is 1. The van der Waals surface area contributed by atoms with E-state index in [9.17, 15) is 0 Å². The molecular formula is C8H20ClNO. The summed E-state index contributed by atoms with van der Waals surface area (Å²) in [6.45, 7) is 4.98. The molecule has 11 heavy (non-hydrogen) atoms. The molecule has 0 atom stereocenters. The molecule has 0 heterocycles. The quantitative estimate of drug-likeness (QED) is 0.357. The predicted molar refractivity (Wildman–Crippen MR) is 44.0 cm³/mol. The molecule has 70 valence electrons. The second kappa shape index (κ2) is 6.89. The van der Waals surface area contributed by atoms with Crippen LogP contribution in [-0.4, -0.2) is 45.4 Å². The highest BCUT2D eigenvalue weighted by Crippen LogP contribution is 1.93. The molecule has 0 amide bonds. The van der Waals surface area contributed by atoms with E-state index in [1.54, 1.807) is 0 Å². The van der Waals surface area contributed by atoms with E-state index in [0.29, 0.717) is 0 Å². The fourth-order valence-corrected chi connectivity index (χ4v) is 0.785. The fourth-order valence-electron chi connectivity index (χ4n) is 0.785. The third-order valence-electron chi connectivity index (χ3n) is 1.32. The van der Waals surface area contributed by atoms with Crippen molar-refractivity contribution in [2.24, 2.45) is 0 Å². The van der Waals surface area contributed by atoms with Gasteiger partial charge < -0.3 is 21.6 Å². The molecule has 0 radical (unpaired) electrons. The van der Waals surface area contributed by atoms with Gasteiger partial charge in [0, 0.05) is 13.0 Å². The number of hydrogen-bond donors (Lipinski definition) is 0. The van der Waals surface area contributed by atoms with Gasteiger partial charge in [-0.2, -0.15) is 0 Å². The summed E-state index contributed by atoms with van der Waals surface area (Å²) < 4.78 is 6.25. The highest BCUT2D eigenvalue weighted by Gasteiger charge is 2.04. The van der Waals surface area contributed by atoms with Crippen molar-refractivity contribution >= 4 is 0 Å². The number of halogens is 1. The molecule has 0 aromatic rings. The molecule has 3 heteroatoms. The molecule has 0 fully saturated rings. The zero-order chi connectivity index (χ0) is 8.04. The van der Waals surface area contributed by atoms with Gasteiger partial charge in [0.2, 0.25) is 0 Å². The Labute approximate surface area is 76.5 Å². The van der Waals surface area contributed by atoms with Gasteiger partial charge in [-0.15, -0.1) is 0 Å². The molecule has 0 N–H and O–H groups in total. The average Bonchev–Trinajstić information content (AvgIpc) is 1.78. The van der Waals surface area contributed by atoms with Crippen LogP contribution in [0.5, 0.6) is 0 Å². The summed E-state index contributed by atoms with van der Waals surface area (Å²) >= 11 is 0. The van der Waals surface area contributed by atoms with Gasteiger partial charge in [0.25, 0.3) is 0 Å². The van der Waals surface area contributed by atoms with Crippen LogP contribution in [0, 0.1) is 0 Å². The lowest BCUT2D eigenvalue weighted by Crippen LogP contribution is -3.00. The summed E-state index contributed by atoms with van der Waals surface area (Å²) in [7, 11) is 6.60. The van der Waals surface area contributed by atoms with Crippen LogP contribution in [0.4, 0.5) is 0 Å². The lowest BCUT2D eigenvalue weighted by atomic mass is 10.4. The molecule has 0 aliphatic heterocycles. The van der Waals surface area contributed by atoms with Gasteiger partial charge in [-0.1, -0.05) is 0 Å². The second-order valence-corrected chi connectivity index (χ2v) is 3.56. The minimum atomic E-state index is 0. The zero-order valence-corrected chi connectivity index (χ0v) is 8.82. The number of rotatable bonds is 5. The second-order valence-electron chi connectivity index (χ2n) is 3.56. The Morgan fingerprint density at radius 3 is 2.09 bits per heavy atom. The van der Waals surface area contributed by atoms with Gasteiger partial charge in [0.15, 0.2) is 0 Å². The van der Waals surface area contributed by atoms with Crippen LogP contribution in [-0.2, 0) is 4.74 Å². The fraction of sp³-hybridized carbons (Fsp3) is 1.00. The lowest BCUT2D eigenvalue weighted by Gasteiger charge is -2.23. The van der Waals surface area contributed by atoms with Crippen molar-refractivity contribution in [2.45, 2.75) is 13.3 Å². The molecule has 0 bridgehead atoms. The van der Waals surface area contributed by atoms with Gasteiger partial charge in [-0.25, -0.2) is 0 Å². The summed E-state index contributed by atoms with van der Waals surface area (Å²) in [5, 5.41) is 0. The predicted octanol–water partition coefficient (Wildman–Crippen LogP) is -1.88. The first-order chi connectivity index (χ1) is 4.56. The molecule has 0 spiro atoms. The van der Waals surface area contributed by atoms with Gasteiger partial charge in [0.1, 0.15) is 0 Å². The Bertz CT molecular complexity index is 80.7. The monoisotopic (exact) mass is 181 g/mol. The van der Waals surface area contributed by atoms with Crippen molar-refractivity contribution in [3.05, 3.63) is 0 Å². The van der Waals surface area contributed by atoms with E-state index in [-0.39, 0.29) is 12.4 Å². The summed E-state index contributed by atoms with van der Waals surface area (Å²) in [6, 6.07) is 0. The minimum Gasteiger partial charge on any atom is -1.00 e. The van der Waals surface area contributed by atoms with Crippen molar-refractivity contribution in [1.29, 1.82) is 0 Å². The first-order valence-electron chi connectivity index (χ1n) is 3.94. The summed E-state index contributed by atoms with van der Waals surface area (Å²) in [4.78, 5) is 0. The van der Waals surface area contributed by atoms with Crippen LogP contribution in [0.3, 0.4) is 0 Å². The van der Waals surface area contributed by atoms with Gasteiger partial charge in [-0.3, -0.25) is 0 Å². The molecule has 0 unspecified atom stereocenters. The summed E-state index contributed by atoms with van der Waals surface area (Å²) in [5.74, 6) is 0. The zero-order valence-electron chi connectivity index (χ0n) is 8.06.